The normalized spacial score (nSPS) is 10.5. The van der Waals surface area contributed by atoms with Crippen molar-refractivity contribution < 1.29 is 4.74 Å². The molecular weight excluding hydrogens is 234 g/mol. The van der Waals surface area contributed by atoms with Crippen molar-refractivity contribution in [1.82, 2.24) is 4.98 Å². The van der Waals surface area contributed by atoms with Gasteiger partial charge < -0.3 is 4.74 Å². The van der Waals surface area contributed by atoms with Crippen LogP contribution in [-0.2, 0) is 17.6 Å². The fourth-order valence-corrected chi connectivity index (χ4v) is 2.05. The quantitative estimate of drug-likeness (QED) is 0.671. The summed E-state index contributed by atoms with van der Waals surface area (Å²) >= 11 is 0. The molecule has 0 radical (unpaired) electrons. The zero-order chi connectivity index (χ0) is 13.2. The number of ether oxygens (including phenoxy) is 1. The molecule has 0 unspecified atom stereocenters. The Morgan fingerprint density at radius 2 is 1.47 bits per heavy atom. The highest BCUT2D eigenvalue weighted by atomic mass is 16.5. The second kappa shape index (κ2) is 8.44. The van der Waals surface area contributed by atoms with E-state index >= 15 is 0 Å². The van der Waals surface area contributed by atoms with E-state index < -0.39 is 0 Å². The summed E-state index contributed by atoms with van der Waals surface area (Å²) in [6.45, 7) is 1.69. The molecule has 0 N–H and O–H groups in total. The van der Waals surface area contributed by atoms with Crippen LogP contribution in [0.5, 0.6) is 0 Å². The van der Waals surface area contributed by atoms with Crippen molar-refractivity contribution in [3.63, 3.8) is 0 Å². The molecule has 0 aliphatic carbocycles. The third kappa shape index (κ3) is 5.66. The smallest absolute Gasteiger partial charge is 0.0469 e. The van der Waals surface area contributed by atoms with Gasteiger partial charge in [0, 0.05) is 25.6 Å². The van der Waals surface area contributed by atoms with Crippen LogP contribution in [0.2, 0.25) is 0 Å². The summed E-state index contributed by atoms with van der Waals surface area (Å²) in [7, 11) is 0. The van der Waals surface area contributed by atoms with Crippen LogP contribution in [0.4, 0.5) is 0 Å². The second-order valence-electron chi connectivity index (χ2n) is 4.67. The molecule has 0 atom stereocenters. The van der Waals surface area contributed by atoms with E-state index in [4.69, 9.17) is 4.74 Å². The topological polar surface area (TPSA) is 22.1 Å². The number of nitrogens with zero attached hydrogens (tertiary/aromatic N) is 1. The molecule has 0 saturated carbocycles. The fourth-order valence-electron chi connectivity index (χ4n) is 2.05. The van der Waals surface area contributed by atoms with E-state index in [0.29, 0.717) is 0 Å². The molecule has 1 aromatic carbocycles. The van der Waals surface area contributed by atoms with Gasteiger partial charge in [0.1, 0.15) is 0 Å². The van der Waals surface area contributed by atoms with Crippen LogP contribution in [-0.4, -0.2) is 18.2 Å². The summed E-state index contributed by atoms with van der Waals surface area (Å²) in [5.41, 5.74) is 2.68. The van der Waals surface area contributed by atoms with Gasteiger partial charge in [-0.15, -0.1) is 0 Å². The highest BCUT2D eigenvalue weighted by Crippen LogP contribution is 2.03. The SMILES string of the molecule is c1ccc(CCCOCCCc2cccnc2)cc1. The molecule has 1 aromatic heterocycles. The first-order chi connectivity index (χ1) is 9.45. The van der Waals surface area contributed by atoms with Gasteiger partial charge in [-0.2, -0.15) is 0 Å². The molecule has 2 rings (SSSR count). The molecule has 0 spiro atoms. The number of hydrogen-bond acceptors (Lipinski definition) is 2. The third-order valence-electron chi connectivity index (χ3n) is 3.07. The average molecular weight is 255 g/mol. The van der Waals surface area contributed by atoms with Crippen LogP contribution >= 0.6 is 0 Å². The lowest BCUT2D eigenvalue weighted by Gasteiger charge is -2.04. The Morgan fingerprint density at radius 1 is 0.789 bits per heavy atom. The minimum atomic E-state index is 0.837. The van der Waals surface area contributed by atoms with Crippen LogP contribution < -0.4 is 0 Å². The summed E-state index contributed by atoms with van der Waals surface area (Å²) in [4.78, 5) is 4.11. The van der Waals surface area contributed by atoms with Crippen LogP contribution in [0, 0.1) is 0 Å². The van der Waals surface area contributed by atoms with Gasteiger partial charge in [-0.25, -0.2) is 0 Å². The lowest BCUT2D eigenvalue weighted by molar-refractivity contribution is 0.130. The maximum atomic E-state index is 5.66. The van der Waals surface area contributed by atoms with Crippen molar-refractivity contribution in [1.29, 1.82) is 0 Å². The Labute approximate surface area is 115 Å². The third-order valence-corrected chi connectivity index (χ3v) is 3.07. The minimum absolute atomic E-state index is 0.837. The van der Waals surface area contributed by atoms with E-state index in [-0.39, 0.29) is 0 Å². The van der Waals surface area contributed by atoms with Gasteiger partial charge in [-0.1, -0.05) is 36.4 Å². The summed E-state index contributed by atoms with van der Waals surface area (Å²) < 4.78 is 5.66. The van der Waals surface area contributed by atoms with Gasteiger partial charge in [0.2, 0.25) is 0 Å². The van der Waals surface area contributed by atoms with Crippen molar-refractivity contribution in [2.24, 2.45) is 0 Å². The number of pyridine rings is 1. The van der Waals surface area contributed by atoms with Crippen LogP contribution in [0.25, 0.3) is 0 Å². The van der Waals surface area contributed by atoms with Crippen LogP contribution in [0.15, 0.2) is 54.9 Å². The summed E-state index contributed by atoms with van der Waals surface area (Å²) in [6, 6.07) is 14.7. The number of rotatable bonds is 8. The van der Waals surface area contributed by atoms with Crippen molar-refractivity contribution in [2.45, 2.75) is 25.7 Å². The first-order valence-corrected chi connectivity index (χ1v) is 6.96. The molecule has 0 fully saturated rings. The van der Waals surface area contributed by atoms with Crippen LogP contribution in [0.1, 0.15) is 24.0 Å². The van der Waals surface area contributed by atoms with E-state index in [0.717, 1.165) is 38.9 Å². The van der Waals surface area contributed by atoms with Crippen molar-refractivity contribution in [3.05, 3.63) is 66.0 Å². The monoisotopic (exact) mass is 255 g/mol. The lowest BCUT2D eigenvalue weighted by Crippen LogP contribution is -2.00. The number of benzene rings is 1. The van der Waals surface area contributed by atoms with E-state index in [1.54, 1.807) is 0 Å². The average Bonchev–Trinajstić information content (AvgIpc) is 2.48. The Morgan fingerprint density at radius 3 is 2.16 bits per heavy atom. The predicted molar refractivity (Wildman–Crippen MR) is 78.1 cm³/mol. The maximum absolute atomic E-state index is 5.66. The predicted octanol–water partition coefficient (Wildman–Crippen LogP) is 3.66. The first kappa shape index (κ1) is 13.8. The summed E-state index contributed by atoms with van der Waals surface area (Å²) in [6.07, 6.45) is 8.04. The van der Waals surface area contributed by atoms with Crippen molar-refractivity contribution in [2.75, 3.05) is 13.2 Å². The van der Waals surface area contributed by atoms with E-state index in [1.807, 2.05) is 18.5 Å². The van der Waals surface area contributed by atoms with Gasteiger partial charge >= 0.3 is 0 Å². The van der Waals surface area contributed by atoms with Gasteiger partial charge in [-0.05, 0) is 42.9 Å². The Balaban J connectivity index is 1.49. The van der Waals surface area contributed by atoms with Crippen molar-refractivity contribution in [3.8, 4) is 0 Å². The zero-order valence-corrected chi connectivity index (χ0v) is 11.3. The first-order valence-electron chi connectivity index (χ1n) is 6.96. The molecule has 0 saturated heterocycles. The van der Waals surface area contributed by atoms with Gasteiger partial charge in [-0.3, -0.25) is 4.98 Å². The molecule has 0 amide bonds. The number of aromatic nitrogens is 1. The summed E-state index contributed by atoms with van der Waals surface area (Å²) in [5.74, 6) is 0. The molecule has 0 aliphatic rings. The Hall–Kier alpha value is -1.67. The van der Waals surface area contributed by atoms with Gasteiger partial charge in [0.15, 0.2) is 0 Å². The van der Waals surface area contributed by atoms with Crippen LogP contribution in [0.3, 0.4) is 0 Å². The highest BCUT2D eigenvalue weighted by Gasteiger charge is 1.95. The maximum Gasteiger partial charge on any atom is 0.0469 e. The Kier molecular flexibility index (Phi) is 6.11. The molecular formula is C17H21NO. The molecule has 2 aromatic rings. The fraction of sp³-hybridized carbons (Fsp3) is 0.353. The van der Waals surface area contributed by atoms with E-state index in [1.165, 1.54) is 11.1 Å². The lowest BCUT2D eigenvalue weighted by atomic mass is 10.1. The molecule has 1 heterocycles. The zero-order valence-electron chi connectivity index (χ0n) is 11.3. The van der Waals surface area contributed by atoms with E-state index in [9.17, 15) is 0 Å². The summed E-state index contributed by atoms with van der Waals surface area (Å²) in [5, 5.41) is 0. The largest absolute Gasteiger partial charge is 0.381 e. The molecule has 0 bridgehead atoms. The minimum Gasteiger partial charge on any atom is -0.381 e. The van der Waals surface area contributed by atoms with Crippen molar-refractivity contribution >= 4 is 0 Å². The molecule has 100 valence electrons. The second-order valence-corrected chi connectivity index (χ2v) is 4.67. The number of aryl methyl sites for hydroxylation is 2. The van der Waals surface area contributed by atoms with Gasteiger partial charge in [0.05, 0.1) is 0 Å². The van der Waals surface area contributed by atoms with Gasteiger partial charge in [0.25, 0.3) is 0 Å². The molecule has 19 heavy (non-hydrogen) atoms. The molecule has 2 nitrogen and oxygen atoms in total. The highest BCUT2D eigenvalue weighted by molar-refractivity contribution is 5.14. The number of hydrogen-bond donors (Lipinski definition) is 0. The molecule has 2 heteroatoms. The molecule has 0 aliphatic heterocycles. The standard InChI is InChI=1S/C17H21NO/c1-2-7-16(8-3-1)10-5-13-19-14-6-11-17-9-4-12-18-15-17/h1-4,7-9,12,15H,5-6,10-11,13-14H2. The Bertz CT molecular complexity index is 398. The van der Waals surface area contributed by atoms with E-state index in [2.05, 4.69) is 41.4 Å².